The van der Waals surface area contributed by atoms with Crippen LogP contribution in [-0.4, -0.2) is 56.6 Å². The topological polar surface area (TPSA) is 86.8 Å². The largest absolute Gasteiger partial charge is 0.352 e. The molecule has 8 heteroatoms. The van der Waals surface area contributed by atoms with Crippen molar-refractivity contribution in [1.29, 1.82) is 0 Å². The Morgan fingerprint density at radius 2 is 1.50 bits per heavy atom. The molecule has 42 heavy (non-hydrogen) atoms. The molecular formula is C34H47N3O4S. The standard InChI is InChI=1S/C34H47N3O4S/c1-5-31(33(39)35-24(2)3)36(16-15-25-9-7-6-8-10-25)32(38)23-37(42(4,40)41)30-13-11-29(12-14-30)34-20-26-17-27(21-34)19-28(18-26)22-34/h6-14,24,26-28,31H,5,15-23H2,1-4H3,(H,35,39). The lowest BCUT2D eigenvalue weighted by Gasteiger charge is -2.57. The first-order chi connectivity index (χ1) is 20.0. The maximum absolute atomic E-state index is 13.9. The second-order valence-corrected chi connectivity index (χ2v) is 15.3. The van der Waals surface area contributed by atoms with Gasteiger partial charge in [0.25, 0.3) is 0 Å². The maximum Gasteiger partial charge on any atom is 0.244 e. The molecule has 0 heterocycles. The van der Waals surface area contributed by atoms with Crippen molar-refractivity contribution in [2.45, 2.75) is 89.6 Å². The number of carbonyl (C=O) groups is 2. The van der Waals surface area contributed by atoms with Crippen LogP contribution in [0.5, 0.6) is 0 Å². The van der Waals surface area contributed by atoms with Crippen LogP contribution >= 0.6 is 0 Å². The van der Waals surface area contributed by atoms with E-state index in [-0.39, 0.29) is 29.8 Å². The van der Waals surface area contributed by atoms with E-state index in [1.54, 1.807) is 4.90 Å². The molecule has 4 aliphatic carbocycles. The molecule has 7 nitrogen and oxygen atoms in total. The molecule has 0 spiro atoms. The van der Waals surface area contributed by atoms with E-state index in [0.717, 1.165) is 29.6 Å². The van der Waals surface area contributed by atoms with E-state index in [2.05, 4.69) is 17.4 Å². The van der Waals surface area contributed by atoms with Crippen molar-refractivity contribution in [3.8, 4) is 0 Å². The van der Waals surface area contributed by atoms with Crippen LogP contribution in [0.3, 0.4) is 0 Å². The molecule has 4 saturated carbocycles. The van der Waals surface area contributed by atoms with Crippen molar-refractivity contribution in [1.82, 2.24) is 10.2 Å². The molecule has 1 atom stereocenters. The Morgan fingerprint density at radius 3 is 2.00 bits per heavy atom. The molecule has 1 N–H and O–H groups in total. The minimum atomic E-state index is -3.76. The Bertz CT molecular complexity index is 1320. The smallest absolute Gasteiger partial charge is 0.244 e. The molecule has 2 aromatic carbocycles. The lowest BCUT2D eigenvalue weighted by molar-refractivity contribution is -0.139. The normalized spacial score (nSPS) is 25.3. The van der Waals surface area contributed by atoms with E-state index in [9.17, 15) is 18.0 Å². The van der Waals surface area contributed by atoms with E-state index < -0.39 is 16.1 Å². The summed E-state index contributed by atoms with van der Waals surface area (Å²) in [6, 6.07) is 17.0. The molecule has 2 aromatic rings. The second-order valence-electron chi connectivity index (χ2n) is 13.4. The van der Waals surface area contributed by atoms with Crippen molar-refractivity contribution >= 4 is 27.5 Å². The predicted octanol–water partition coefficient (Wildman–Crippen LogP) is 5.29. The van der Waals surface area contributed by atoms with Crippen LogP contribution in [0.4, 0.5) is 5.69 Å². The number of sulfonamides is 1. The number of hydrogen-bond acceptors (Lipinski definition) is 4. The summed E-state index contributed by atoms with van der Waals surface area (Å²) in [6.07, 6.45) is 9.96. The fourth-order valence-electron chi connectivity index (χ4n) is 8.34. The van der Waals surface area contributed by atoms with Gasteiger partial charge in [-0.1, -0.05) is 49.4 Å². The summed E-state index contributed by atoms with van der Waals surface area (Å²) >= 11 is 0. The number of hydrogen-bond donors (Lipinski definition) is 1. The van der Waals surface area contributed by atoms with Crippen LogP contribution < -0.4 is 9.62 Å². The summed E-state index contributed by atoms with van der Waals surface area (Å²) in [5, 5.41) is 2.94. The summed E-state index contributed by atoms with van der Waals surface area (Å²) in [5.74, 6) is 1.86. The number of nitrogens with zero attached hydrogens (tertiary/aromatic N) is 2. The molecule has 4 bridgehead atoms. The van der Waals surface area contributed by atoms with Gasteiger partial charge in [0.05, 0.1) is 11.9 Å². The lowest BCUT2D eigenvalue weighted by atomic mass is 9.48. The fourth-order valence-corrected chi connectivity index (χ4v) is 9.19. The molecule has 228 valence electrons. The summed E-state index contributed by atoms with van der Waals surface area (Å²) in [7, 11) is -3.76. The van der Waals surface area contributed by atoms with Gasteiger partial charge in [-0.2, -0.15) is 0 Å². The fraction of sp³-hybridized carbons (Fsp3) is 0.588. The zero-order valence-electron chi connectivity index (χ0n) is 25.6. The monoisotopic (exact) mass is 593 g/mol. The highest BCUT2D eigenvalue weighted by atomic mass is 32.2. The Kier molecular flexibility index (Phi) is 9.02. The van der Waals surface area contributed by atoms with E-state index >= 15 is 0 Å². The summed E-state index contributed by atoms with van der Waals surface area (Å²) in [4.78, 5) is 28.6. The highest BCUT2D eigenvalue weighted by Crippen LogP contribution is 2.60. The van der Waals surface area contributed by atoms with Crippen molar-refractivity contribution in [3.05, 3.63) is 65.7 Å². The van der Waals surface area contributed by atoms with Gasteiger partial charge in [0, 0.05) is 12.6 Å². The lowest BCUT2D eigenvalue weighted by Crippen LogP contribution is -2.54. The van der Waals surface area contributed by atoms with E-state index in [1.807, 2.05) is 63.2 Å². The molecule has 4 aliphatic rings. The summed E-state index contributed by atoms with van der Waals surface area (Å²) < 4.78 is 27.3. The van der Waals surface area contributed by atoms with Crippen molar-refractivity contribution in [3.63, 3.8) is 0 Å². The average molecular weight is 594 g/mol. The first kappa shape index (κ1) is 30.6. The van der Waals surface area contributed by atoms with Gasteiger partial charge in [-0.15, -0.1) is 0 Å². The van der Waals surface area contributed by atoms with Crippen LogP contribution in [0.2, 0.25) is 0 Å². The highest BCUT2D eigenvalue weighted by molar-refractivity contribution is 7.92. The minimum absolute atomic E-state index is 0.0716. The van der Waals surface area contributed by atoms with Crippen LogP contribution in [0.1, 0.15) is 76.8 Å². The quantitative estimate of drug-likeness (QED) is 0.362. The molecule has 0 radical (unpaired) electrons. The Balaban J connectivity index is 1.37. The maximum atomic E-state index is 13.9. The SMILES string of the molecule is CCC(C(=O)NC(C)C)N(CCc1ccccc1)C(=O)CN(c1ccc(C23CC4CC(CC(C4)C2)C3)cc1)S(C)(=O)=O. The van der Waals surface area contributed by atoms with Crippen LogP contribution in [0.15, 0.2) is 54.6 Å². The second kappa shape index (κ2) is 12.4. The predicted molar refractivity (Wildman–Crippen MR) is 168 cm³/mol. The van der Waals surface area contributed by atoms with Gasteiger partial charge in [0.15, 0.2) is 0 Å². The number of rotatable bonds is 12. The summed E-state index contributed by atoms with van der Waals surface area (Å²) in [5.41, 5.74) is 3.06. The zero-order valence-corrected chi connectivity index (χ0v) is 26.4. The first-order valence-corrected chi connectivity index (χ1v) is 17.5. The molecule has 0 saturated heterocycles. The van der Waals surface area contributed by atoms with Gasteiger partial charge in [0.1, 0.15) is 12.6 Å². The van der Waals surface area contributed by atoms with Crippen LogP contribution in [0.25, 0.3) is 0 Å². The van der Waals surface area contributed by atoms with Gasteiger partial charge >= 0.3 is 0 Å². The Labute approximate surface area is 252 Å². The number of carbonyl (C=O) groups excluding carboxylic acids is 2. The van der Waals surface area contributed by atoms with Crippen molar-refractivity contribution in [2.75, 3.05) is 23.7 Å². The van der Waals surface area contributed by atoms with Gasteiger partial charge in [-0.3, -0.25) is 13.9 Å². The molecule has 1 unspecified atom stereocenters. The third kappa shape index (κ3) is 6.69. The number of benzene rings is 2. The van der Waals surface area contributed by atoms with Gasteiger partial charge in [-0.05, 0) is 112 Å². The minimum Gasteiger partial charge on any atom is -0.352 e. The first-order valence-electron chi connectivity index (χ1n) is 15.7. The average Bonchev–Trinajstić information content (AvgIpc) is 2.92. The number of amides is 2. The molecule has 0 aliphatic heterocycles. The van der Waals surface area contributed by atoms with Gasteiger partial charge in [-0.25, -0.2) is 8.42 Å². The third-order valence-corrected chi connectivity index (χ3v) is 10.9. The third-order valence-electron chi connectivity index (χ3n) is 9.79. The Hall–Kier alpha value is -2.87. The van der Waals surface area contributed by atoms with E-state index in [1.165, 1.54) is 48.4 Å². The molecule has 6 rings (SSSR count). The molecule has 2 amide bonds. The zero-order chi connectivity index (χ0) is 30.1. The Morgan fingerprint density at radius 1 is 0.929 bits per heavy atom. The number of nitrogens with one attached hydrogen (secondary N) is 1. The summed E-state index contributed by atoms with van der Waals surface area (Å²) in [6.45, 7) is 5.62. The van der Waals surface area contributed by atoms with Gasteiger partial charge < -0.3 is 10.2 Å². The molecular weight excluding hydrogens is 546 g/mol. The van der Waals surface area contributed by atoms with E-state index in [4.69, 9.17) is 0 Å². The molecule has 0 aromatic heterocycles. The molecule has 4 fully saturated rings. The highest BCUT2D eigenvalue weighted by Gasteiger charge is 2.51. The number of anilines is 1. The van der Waals surface area contributed by atoms with Crippen molar-refractivity contribution < 1.29 is 18.0 Å². The van der Waals surface area contributed by atoms with E-state index in [0.29, 0.717) is 25.1 Å². The van der Waals surface area contributed by atoms with Crippen LogP contribution in [-0.2, 0) is 31.4 Å². The van der Waals surface area contributed by atoms with Crippen LogP contribution in [0, 0.1) is 17.8 Å². The van der Waals surface area contributed by atoms with Crippen molar-refractivity contribution in [2.24, 2.45) is 17.8 Å². The van der Waals surface area contributed by atoms with Gasteiger partial charge in [0.2, 0.25) is 21.8 Å².